The molecule has 0 amide bonds. The van der Waals surface area contributed by atoms with E-state index in [-0.39, 0.29) is 6.42 Å². The molecule has 0 atom stereocenters. The molecule has 0 saturated heterocycles. The first kappa shape index (κ1) is 9.99. The monoisotopic (exact) mass is 156 g/mol. The van der Waals surface area contributed by atoms with Gasteiger partial charge in [-0.1, -0.05) is 18.8 Å². The normalized spacial score (nSPS) is 8.45. The van der Waals surface area contributed by atoms with Gasteiger partial charge in [0, 0.05) is 6.61 Å². The van der Waals surface area contributed by atoms with Crippen molar-refractivity contribution in [3.63, 3.8) is 0 Å². The summed E-state index contributed by atoms with van der Waals surface area (Å²) in [5.74, 6) is 4.17. The van der Waals surface area contributed by atoms with Gasteiger partial charge >= 0.3 is 5.97 Å². The zero-order valence-corrected chi connectivity index (χ0v) is 6.59. The third kappa shape index (κ3) is 8.99. The Bertz CT molecular complexity index is 164. The van der Waals surface area contributed by atoms with Crippen molar-refractivity contribution in [3.05, 3.63) is 0 Å². The molecule has 1 N–H and O–H groups in total. The van der Waals surface area contributed by atoms with E-state index in [9.17, 15) is 4.79 Å². The van der Waals surface area contributed by atoms with Crippen molar-refractivity contribution in [2.24, 2.45) is 0 Å². The van der Waals surface area contributed by atoms with Crippen LogP contribution in [0.4, 0.5) is 0 Å². The molecular formula is C8H12O3. The van der Waals surface area contributed by atoms with Crippen molar-refractivity contribution >= 4 is 5.97 Å². The highest BCUT2D eigenvalue weighted by Gasteiger charge is 1.87. The maximum atomic E-state index is 9.94. The first-order chi connectivity index (χ1) is 5.27. The number of aliphatic carboxylic acids is 1. The highest BCUT2D eigenvalue weighted by Crippen LogP contribution is 1.78. The lowest BCUT2D eigenvalue weighted by Gasteiger charge is -1.92. The Morgan fingerprint density at radius 1 is 1.55 bits per heavy atom. The van der Waals surface area contributed by atoms with Crippen LogP contribution in [0.15, 0.2) is 0 Å². The fourth-order valence-electron chi connectivity index (χ4n) is 0.457. The Hall–Kier alpha value is -1.01. The van der Waals surface area contributed by atoms with Crippen LogP contribution in [0.3, 0.4) is 0 Å². The van der Waals surface area contributed by atoms with Crippen LogP contribution in [0.1, 0.15) is 19.8 Å². The van der Waals surface area contributed by atoms with Gasteiger partial charge in [0.25, 0.3) is 0 Å². The summed E-state index contributed by atoms with van der Waals surface area (Å²) >= 11 is 0. The van der Waals surface area contributed by atoms with Gasteiger partial charge in [0.1, 0.15) is 13.0 Å². The minimum absolute atomic E-state index is 0.102. The predicted octanol–water partition coefficient (Wildman–Crippen LogP) is 0.891. The molecule has 0 aliphatic rings. The molecule has 0 spiro atoms. The largest absolute Gasteiger partial charge is 0.481 e. The molecule has 0 aliphatic heterocycles. The summed E-state index contributed by atoms with van der Waals surface area (Å²) in [6, 6.07) is 0. The Kier molecular flexibility index (Phi) is 6.45. The van der Waals surface area contributed by atoms with E-state index in [1.165, 1.54) is 0 Å². The fraction of sp³-hybridized carbons (Fsp3) is 0.625. The van der Waals surface area contributed by atoms with Gasteiger partial charge < -0.3 is 9.84 Å². The Morgan fingerprint density at radius 3 is 2.82 bits per heavy atom. The number of ether oxygens (including phenoxy) is 1. The molecule has 11 heavy (non-hydrogen) atoms. The van der Waals surface area contributed by atoms with E-state index in [2.05, 4.69) is 11.8 Å². The zero-order chi connectivity index (χ0) is 8.53. The Labute approximate surface area is 66.4 Å². The van der Waals surface area contributed by atoms with Crippen molar-refractivity contribution in [1.82, 2.24) is 0 Å². The lowest BCUT2D eigenvalue weighted by atomic mass is 10.4. The average Bonchev–Trinajstić information content (AvgIpc) is 1.96. The second-order valence-electron chi connectivity index (χ2n) is 1.98. The van der Waals surface area contributed by atoms with Crippen molar-refractivity contribution in [2.45, 2.75) is 19.8 Å². The number of carbonyl (C=O) groups is 1. The summed E-state index contributed by atoms with van der Waals surface area (Å²) in [7, 11) is 0. The molecule has 0 aromatic carbocycles. The van der Waals surface area contributed by atoms with Gasteiger partial charge in [-0.25, -0.2) is 0 Å². The van der Waals surface area contributed by atoms with Crippen LogP contribution in [0.2, 0.25) is 0 Å². The summed E-state index contributed by atoms with van der Waals surface area (Å²) < 4.78 is 5.00. The fourth-order valence-corrected chi connectivity index (χ4v) is 0.457. The van der Waals surface area contributed by atoms with Crippen LogP contribution in [0.5, 0.6) is 0 Å². The second-order valence-corrected chi connectivity index (χ2v) is 1.98. The molecular weight excluding hydrogens is 144 g/mol. The molecule has 0 fully saturated rings. The molecule has 3 nitrogen and oxygen atoms in total. The first-order valence-electron chi connectivity index (χ1n) is 3.52. The van der Waals surface area contributed by atoms with Crippen molar-refractivity contribution in [1.29, 1.82) is 0 Å². The van der Waals surface area contributed by atoms with E-state index < -0.39 is 5.97 Å². The highest BCUT2D eigenvalue weighted by atomic mass is 16.5. The van der Waals surface area contributed by atoms with Gasteiger partial charge in [-0.3, -0.25) is 4.79 Å². The lowest BCUT2D eigenvalue weighted by Crippen LogP contribution is -1.94. The molecule has 0 radical (unpaired) electrons. The van der Waals surface area contributed by atoms with Gasteiger partial charge in [-0.15, -0.1) is 0 Å². The lowest BCUT2D eigenvalue weighted by molar-refractivity contribution is -0.135. The van der Waals surface area contributed by atoms with Crippen LogP contribution < -0.4 is 0 Å². The summed E-state index contributed by atoms with van der Waals surface area (Å²) in [5.41, 5.74) is 0. The van der Waals surface area contributed by atoms with Crippen molar-refractivity contribution in [2.75, 3.05) is 13.2 Å². The molecule has 0 aliphatic carbocycles. The topological polar surface area (TPSA) is 46.5 Å². The Morgan fingerprint density at radius 2 is 2.27 bits per heavy atom. The highest BCUT2D eigenvalue weighted by molar-refractivity contribution is 5.69. The van der Waals surface area contributed by atoms with Gasteiger partial charge in [0.05, 0.1) is 0 Å². The number of carboxylic acids is 1. The van der Waals surface area contributed by atoms with Gasteiger partial charge in [0.15, 0.2) is 0 Å². The minimum Gasteiger partial charge on any atom is -0.481 e. The van der Waals surface area contributed by atoms with E-state index in [1.807, 2.05) is 6.92 Å². The maximum Gasteiger partial charge on any atom is 0.315 e. The molecule has 0 unspecified atom stereocenters. The van der Waals surface area contributed by atoms with E-state index in [0.29, 0.717) is 13.2 Å². The molecule has 0 rings (SSSR count). The smallest absolute Gasteiger partial charge is 0.315 e. The van der Waals surface area contributed by atoms with Gasteiger partial charge in [0.2, 0.25) is 0 Å². The van der Waals surface area contributed by atoms with Crippen LogP contribution in [0, 0.1) is 11.8 Å². The first-order valence-corrected chi connectivity index (χ1v) is 3.52. The summed E-state index contributed by atoms with van der Waals surface area (Å²) in [6.45, 7) is 3.02. The predicted molar refractivity (Wildman–Crippen MR) is 41.1 cm³/mol. The van der Waals surface area contributed by atoms with E-state index in [4.69, 9.17) is 9.84 Å². The number of hydrogen-bond acceptors (Lipinski definition) is 2. The number of rotatable bonds is 4. The third-order valence-corrected chi connectivity index (χ3v) is 0.887. The summed E-state index contributed by atoms with van der Waals surface area (Å²) in [4.78, 5) is 9.94. The molecule has 0 aromatic rings. The summed E-state index contributed by atoms with van der Waals surface area (Å²) in [5, 5.41) is 8.17. The van der Waals surface area contributed by atoms with Crippen LogP contribution in [-0.4, -0.2) is 24.3 Å². The maximum absolute atomic E-state index is 9.94. The molecule has 0 heterocycles. The van der Waals surface area contributed by atoms with E-state index in [1.54, 1.807) is 0 Å². The SMILES string of the molecule is CCCOCC#CCC(=O)O. The van der Waals surface area contributed by atoms with Crippen molar-refractivity contribution in [3.8, 4) is 11.8 Å². The minimum atomic E-state index is -0.895. The Balaban J connectivity index is 3.19. The third-order valence-electron chi connectivity index (χ3n) is 0.887. The van der Waals surface area contributed by atoms with Gasteiger partial charge in [-0.2, -0.15) is 0 Å². The van der Waals surface area contributed by atoms with Gasteiger partial charge in [-0.05, 0) is 6.42 Å². The van der Waals surface area contributed by atoms with Crippen LogP contribution in [0.25, 0.3) is 0 Å². The van der Waals surface area contributed by atoms with E-state index in [0.717, 1.165) is 6.42 Å². The second kappa shape index (κ2) is 7.10. The van der Waals surface area contributed by atoms with E-state index >= 15 is 0 Å². The standard InChI is InChI=1S/C8H12O3/c1-2-6-11-7-4-3-5-8(9)10/h2,5-7H2,1H3,(H,9,10). The van der Waals surface area contributed by atoms with Crippen molar-refractivity contribution < 1.29 is 14.6 Å². The molecule has 3 heteroatoms. The zero-order valence-electron chi connectivity index (χ0n) is 6.59. The number of carboxylic acid groups (broad SMARTS) is 1. The average molecular weight is 156 g/mol. The quantitative estimate of drug-likeness (QED) is 0.485. The van der Waals surface area contributed by atoms with Crippen LogP contribution >= 0.6 is 0 Å². The van der Waals surface area contributed by atoms with Crippen LogP contribution in [-0.2, 0) is 9.53 Å². The molecule has 0 saturated carbocycles. The molecule has 62 valence electrons. The molecule has 0 bridgehead atoms. The number of hydrogen-bond donors (Lipinski definition) is 1. The summed E-state index contributed by atoms with van der Waals surface area (Å²) in [6.07, 6.45) is 0.857. The molecule has 0 aromatic heterocycles.